The lowest BCUT2D eigenvalue weighted by molar-refractivity contribution is 0.867. The number of anilines is 2. The van der Waals surface area contributed by atoms with Crippen molar-refractivity contribution in [2.75, 3.05) is 29.2 Å². The molecule has 106 valence electrons. The number of thioether (sulfide) groups is 1. The maximum absolute atomic E-state index is 4.72. The third-order valence-electron chi connectivity index (χ3n) is 3.30. The van der Waals surface area contributed by atoms with E-state index in [0.717, 1.165) is 34.5 Å². The van der Waals surface area contributed by atoms with Gasteiger partial charge in [-0.15, -0.1) is 0 Å². The zero-order valence-corrected chi connectivity index (χ0v) is 13.1. The summed E-state index contributed by atoms with van der Waals surface area (Å²) in [5.74, 6) is 5.78. The molecular formula is C14H24N4S. The van der Waals surface area contributed by atoms with E-state index in [9.17, 15) is 0 Å². The molecule has 5 heteroatoms. The molecule has 2 N–H and O–H groups in total. The van der Waals surface area contributed by atoms with Gasteiger partial charge < -0.3 is 10.6 Å². The number of aromatic nitrogens is 2. The fourth-order valence-electron chi connectivity index (χ4n) is 2.01. The standard InChI is InChI=1S/C14H24N4S/c1-5-19-8-9(2)16-13-10(3)12(15-4)17-14(18-13)11-6-7-11/h9,11H,5-8H2,1-4H3,(H2,15,16,17,18). The molecule has 0 saturated heterocycles. The molecule has 1 saturated carbocycles. The lowest BCUT2D eigenvalue weighted by Crippen LogP contribution is -2.21. The molecule has 0 bridgehead atoms. The molecular weight excluding hydrogens is 256 g/mol. The van der Waals surface area contributed by atoms with Crippen molar-refractivity contribution in [2.24, 2.45) is 0 Å². The van der Waals surface area contributed by atoms with Crippen molar-refractivity contribution in [3.8, 4) is 0 Å². The van der Waals surface area contributed by atoms with Gasteiger partial charge in [0.1, 0.15) is 17.5 Å². The Kier molecular flexibility index (Phi) is 4.91. The van der Waals surface area contributed by atoms with E-state index in [4.69, 9.17) is 4.98 Å². The average Bonchev–Trinajstić information content (AvgIpc) is 3.23. The Bertz CT molecular complexity index is 432. The van der Waals surface area contributed by atoms with Gasteiger partial charge in [0.05, 0.1) is 0 Å². The van der Waals surface area contributed by atoms with Crippen LogP contribution in [0.5, 0.6) is 0 Å². The molecule has 1 atom stereocenters. The van der Waals surface area contributed by atoms with E-state index >= 15 is 0 Å². The van der Waals surface area contributed by atoms with Crippen molar-refractivity contribution >= 4 is 23.4 Å². The molecule has 4 nitrogen and oxygen atoms in total. The van der Waals surface area contributed by atoms with Gasteiger partial charge in [0.25, 0.3) is 0 Å². The van der Waals surface area contributed by atoms with Crippen LogP contribution in [-0.2, 0) is 0 Å². The van der Waals surface area contributed by atoms with Gasteiger partial charge in [0.15, 0.2) is 0 Å². The first-order valence-corrected chi connectivity index (χ1v) is 8.21. The highest BCUT2D eigenvalue weighted by molar-refractivity contribution is 7.99. The summed E-state index contributed by atoms with van der Waals surface area (Å²) in [7, 11) is 1.92. The Morgan fingerprint density at radius 3 is 2.58 bits per heavy atom. The summed E-state index contributed by atoms with van der Waals surface area (Å²) >= 11 is 1.95. The topological polar surface area (TPSA) is 49.8 Å². The zero-order chi connectivity index (χ0) is 13.8. The van der Waals surface area contributed by atoms with E-state index in [1.807, 2.05) is 18.8 Å². The van der Waals surface area contributed by atoms with Crippen LogP contribution in [0.15, 0.2) is 0 Å². The lowest BCUT2D eigenvalue weighted by atomic mass is 10.2. The minimum absolute atomic E-state index is 0.426. The first kappa shape index (κ1) is 14.4. The molecule has 1 unspecified atom stereocenters. The Morgan fingerprint density at radius 2 is 2.00 bits per heavy atom. The molecule has 1 aromatic rings. The Balaban J connectivity index is 2.15. The SMILES string of the molecule is CCSCC(C)Nc1nc(C2CC2)nc(NC)c1C. The lowest BCUT2D eigenvalue weighted by Gasteiger charge is -2.18. The van der Waals surface area contributed by atoms with E-state index < -0.39 is 0 Å². The number of nitrogens with one attached hydrogen (secondary N) is 2. The summed E-state index contributed by atoms with van der Waals surface area (Å²) in [6.07, 6.45) is 2.46. The molecule has 0 radical (unpaired) electrons. The summed E-state index contributed by atoms with van der Waals surface area (Å²) < 4.78 is 0. The Morgan fingerprint density at radius 1 is 1.32 bits per heavy atom. The Labute approximate surface area is 120 Å². The molecule has 19 heavy (non-hydrogen) atoms. The van der Waals surface area contributed by atoms with Gasteiger partial charge in [-0.1, -0.05) is 6.92 Å². The van der Waals surface area contributed by atoms with E-state index in [2.05, 4.69) is 36.4 Å². The van der Waals surface area contributed by atoms with Crippen molar-refractivity contribution in [3.05, 3.63) is 11.4 Å². The smallest absolute Gasteiger partial charge is 0.136 e. The van der Waals surface area contributed by atoms with Crippen molar-refractivity contribution in [3.63, 3.8) is 0 Å². The predicted octanol–water partition coefficient (Wildman–Crippen LogP) is 3.26. The Hall–Kier alpha value is -0.970. The highest BCUT2D eigenvalue weighted by Gasteiger charge is 2.28. The third-order valence-corrected chi connectivity index (χ3v) is 4.44. The van der Waals surface area contributed by atoms with Gasteiger partial charge in [-0.25, -0.2) is 9.97 Å². The minimum atomic E-state index is 0.426. The van der Waals surface area contributed by atoms with Gasteiger partial charge in [-0.05, 0) is 32.4 Å². The highest BCUT2D eigenvalue weighted by Crippen LogP contribution is 2.39. The second-order valence-corrected chi connectivity index (χ2v) is 6.45. The fourth-order valence-corrected chi connectivity index (χ4v) is 2.68. The van der Waals surface area contributed by atoms with Crippen LogP contribution in [0.1, 0.15) is 44.0 Å². The number of rotatable bonds is 7. The molecule has 1 aliphatic carbocycles. The van der Waals surface area contributed by atoms with Crippen LogP contribution in [0.25, 0.3) is 0 Å². The number of hydrogen-bond acceptors (Lipinski definition) is 5. The summed E-state index contributed by atoms with van der Waals surface area (Å²) in [6.45, 7) is 6.47. The average molecular weight is 280 g/mol. The highest BCUT2D eigenvalue weighted by atomic mass is 32.2. The first-order chi connectivity index (χ1) is 9.15. The third kappa shape index (κ3) is 3.75. The number of nitrogens with zero attached hydrogens (tertiary/aromatic N) is 2. The largest absolute Gasteiger partial charge is 0.373 e. The van der Waals surface area contributed by atoms with E-state index in [0.29, 0.717) is 12.0 Å². The monoisotopic (exact) mass is 280 g/mol. The zero-order valence-electron chi connectivity index (χ0n) is 12.3. The molecule has 1 aromatic heterocycles. The van der Waals surface area contributed by atoms with Crippen molar-refractivity contribution < 1.29 is 0 Å². The van der Waals surface area contributed by atoms with Crippen LogP contribution in [-0.4, -0.2) is 34.6 Å². The van der Waals surface area contributed by atoms with Crippen molar-refractivity contribution in [1.29, 1.82) is 0 Å². The quantitative estimate of drug-likeness (QED) is 0.803. The predicted molar refractivity (Wildman–Crippen MR) is 84.4 cm³/mol. The van der Waals surface area contributed by atoms with Crippen LogP contribution in [0, 0.1) is 6.92 Å². The van der Waals surface area contributed by atoms with Crippen LogP contribution in [0.4, 0.5) is 11.6 Å². The number of hydrogen-bond donors (Lipinski definition) is 2. The summed E-state index contributed by atoms with van der Waals surface area (Å²) in [6, 6.07) is 0.426. The van der Waals surface area contributed by atoms with E-state index in [1.165, 1.54) is 12.8 Å². The van der Waals surface area contributed by atoms with Gasteiger partial charge in [-0.2, -0.15) is 11.8 Å². The second-order valence-electron chi connectivity index (χ2n) is 5.13. The second kappa shape index (κ2) is 6.46. The fraction of sp³-hybridized carbons (Fsp3) is 0.714. The van der Waals surface area contributed by atoms with Crippen LogP contribution in [0.2, 0.25) is 0 Å². The molecule has 2 rings (SSSR count). The van der Waals surface area contributed by atoms with Crippen molar-refractivity contribution in [1.82, 2.24) is 9.97 Å². The minimum Gasteiger partial charge on any atom is -0.373 e. The van der Waals surface area contributed by atoms with Gasteiger partial charge in [-0.3, -0.25) is 0 Å². The van der Waals surface area contributed by atoms with Crippen molar-refractivity contribution in [2.45, 2.75) is 45.6 Å². The van der Waals surface area contributed by atoms with Crippen LogP contribution >= 0.6 is 11.8 Å². The van der Waals surface area contributed by atoms with E-state index in [1.54, 1.807) is 0 Å². The van der Waals surface area contributed by atoms with Gasteiger partial charge >= 0.3 is 0 Å². The van der Waals surface area contributed by atoms with Gasteiger partial charge in [0.2, 0.25) is 0 Å². The summed E-state index contributed by atoms with van der Waals surface area (Å²) in [5, 5.41) is 6.71. The van der Waals surface area contributed by atoms with Crippen LogP contribution in [0.3, 0.4) is 0 Å². The first-order valence-electron chi connectivity index (χ1n) is 7.06. The molecule has 0 aliphatic heterocycles. The maximum atomic E-state index is 4.72. The maximum Gasteiger partial charge on any atom is 0.136 e. The normalized spacial score (nSPS) is 16.2. The molecule has 0 amide bonds. The van der Waals surface area contributed by atoms with Gasteiger partial charge in [0, 0.05) is 30.3 Å². The summed E-state index contributed by atoms with van der Waals surface area (Å²) in [4.78, 5) is 9.33. The molecule has 1 heterocycles. The molecule has 1 aliphatic rings. The van der Waals surface area contributed by atoms with E-state index in [-0.39, 0.29) is 0 Å². The molecule has 0 aromatic carbocycles. The molecule has 0 spiro atoms. The molecule has 1 fully saturated rings. The summed E-state index contributed by atoms with van der Waals surface area (Å²) in [5.41, 5.74) is 1.11. The van der Waals surface area contributed by atoms with Crippen LogP contribution < -0.4 is 10.6 Å².